The number of amides is 1. The summed E-state index contributed by atoms with van der Waals surface area (Å²) in [6, 6.07) is 9.85. The number of H-pyrrole nitrogens is 1. The number of benzene rings is 1. The molecule has 1 aliphatic rings. The molecule has 1 amide bonds. The second kappa shape index (κ2) is 4.51. The smallest absolute Gasteiger partial charge is 0.229 e. The van der Waals surface area contributed by atoms with E-state index in [1.54, 1.807) is 4.90 Å². The van der Waals surface area contributed by atoms with Gasteiger partial charge in [-0.3, -0.25) is 14.8 Å². The number of carbonyl (C=O) groups is 1. The Kier molecular flexibility index (Phi) is 2.83. The number of hydrogen-bond acceptors (Lipinski definition) is 3. The third kappa shape index (κ3) is 2.02. The third-order valence-electron chi connectivity index (χ3n) is 3.40. The first-order chi connectivity index (χ1) is 9.16. The molecule has 3 N–H and O–H groups in total. The summed E-state index contributed by atoms with van der Waals surface area (Å²) in [4.78, 5) is 13.6. The van der Waals surface area contributed by atoms with Crippen molar-refractivity contribution < 1.29 is 4.79 Å². The Hall–Kier alpha value is -2.14. The largest absolute Gasteiger partial charge is 0.326 e. The SMILES string of the molecule is Cc1[nH]nc(N2CC(N)CC2=O)c1-c1ccccc1. The predicted molar refractivity (Wildman–Crippen MR) is 73.7 cm³/mol. The molecular formula is C14H16N4O. The number of nitrogens with zero attached hydrogens (tertiary/aromatic N) is 2. The van der Waals surface area contributed by atoms with Gasteiger partial charge < -0.3 is 5.73 Å². The first kappa shape index (κ1) is 11.9. The van der Waals surface area contributed by atoms with E-state index in [0.29, 0.717) is 18.8 Å². The molecule has 0 bridgehead atoms. The van der Waals surface area contributed by atoms with Crippen LogP contribution in [0.25, 0.3) is 11.1 Å². The predicted octanol–water partition coefficient (Wildman–Crippen LogP) is 1.45. The third-order valence-corrected chi connectivity index (χ3v) is 3.40. The van der Waals surface area contributed by atoms with Crippen LogP contribution in [0.4, 0.5) is 5.82 Å². The van der Waals surface area contributed by atoms with E-state index in [1.165, 1.54) is 0 Å². The minimum Gasteiger partial charge on any atom is -0.326 e. The molecule has 1 atom stereocenters. The lowest BCUT2D eigenvalue weighted by Gasteiger charge is -2.15. The van der Waals surface area contributed by atoms with Gasteiger partial charge in [-0.15, -0.1) is 0 Å². The zero-order chi connectivity index (χ0) is 13.4. The number of aromatic nitrogens is 2. The summed E-state index contributed by atoms with van der Waals surface area (Å²) in [5, 5.41) is 7.25. The fraction of sp³-hybridized carbons (Fsp3) is 0.286. The normalized spacial score (nSPS) is 19.2. The Morgan fingerprint density at radius 1 is 1.37 bits per heavy atom. The van der Waals surface area contributed by atoms with Crippen molar-refractivity contribution in [3.8, 4) is 11.1 Å². The van der Waals surface area contributed by atoms with Gasteiger partial charge in [0, 0.05) is 30.3 Å². The molecule has 2 aromatic rings. The molecule has 1 aromatic carbocycles. The van der Waals surface area contributed by atoms with E-state index in [0.717, 1.165) is 16.8 Å². The van der Waals surface area contributed by atoms with Crippen molar-refractivity contribution in [2.45, 2.75) is 19.4 Å². The number of anilines is 1. The molecule has 0 radical (unpaired) electrons. The molecule has 1 saturated heterocycles. The second-order valence-corrected chi connectivity index (χ2v) is 4.88. The maximum atomic E-state index is 12.0. The molecule has 3 rings (SSSR count). The van der Waals surface area contributed by atoms with Crippen molar-refractivity contribution in [3.63, 3.8) is 0 Å². The molecule has 2 heterocycles. The van der Waals surface area contributed by atoms with Crippen molar-refractivity contribution in [2.24, 2.45) is 5.73 Å². The molecule has 0 spiro atoms. The summed E-state index contributed by atoms with van der Waals surface area (Å²) in [7, 11) is 0. The van der Waals surface area contributed by atoms with Crippen LogP contribution in [0.15, 0.2) is 30.3 Å². The van der Waals surface area contributed by atoms with Gasteiger partial charge in [-0.2, -0.15) is 5.10 Å². The fourth-order valence-electron chi connectivity index (χ4n) is 2.50. The van der Waals surface area contributed by atoms with Crippen molar-refractivity contribution >= 4 is 11.7 Å². The van der Waals surface area contributed by atoms with Gasteiger partial charge >= 0.3 is 0 Å². The number of rotatable bonds is 2. The summed E-state index contributed by atoms with van der Waals surface area (Å²) in [6.07, 6.45) is 0.389. The van der Waals surface area contributed by atoms with Crippen LogP contribution in [0.3, 0.4) is 0 Å². The average Bonchev–Trinajstić information content (AvgIpc) is 2.93. The zero-order valence-corrected chi connectivity index (χ0v) is 10.8. The lowest BCUT2D eigenvalue weighted by atomic mass is 10.1. The van der Waals surface area contributed by atoms with E-state index in [4.69, 9.17) is 5.73 Å². The zero-order valence-electron chi connectivity index (χ0n) is 10.8. The lowest BCUT2D eigenvalue weighted by molar-refractivity contribution is -0.117. The number of carbonyl (C=O) groups excluding carboxylic acids is 1. The number of aryl methyl sites for hydroxylation is 1. The van der Waals surface area contributed by atoms with Crippen LogP contribution >= 0.6 is 0 Å². The molecule has 0 saturated carbocycles. The molecule has 98 valence electrons. The Labute approximate surface area is 111 Å². The van der Waals surface area contributed by atoms with E-state index in [9.17, 15) is 4.79 Å². The number of hydrogen-bond donors (Lipinski definition) is 2. The van der Waals surface area contributed by atoms with Gasteiger partial charge in [-0.25, -0.2) is 0 Å². The average molecular weight is 256 g/mol. The molecular weight excluding hydrogens is 240 g/mol. The van der Waals surface area contributed by atoms with Crippen LogP contribution in [0, 0.1) is 6.92 Å². The van der Waals surface area contributed by atoms with Crippen LogP contribution in [0.2, 0.25) is 0 Å². The first-order valence-corrected chi connectivity index (χ1v) is 6.33. The van der Waals surface area contributed by atoms with Gasteiger partial charge in [0.15, 0.2) is 5.82 Å². The summed E-state index contributed by atoms with van der Waals surface area (Å²) < 4.78 is 0. The molecule has 1 aromatic heterocycles. The van der Waals surface area contributed by atoms with Gasteiger partial charge in [-0.1, -0.05) is 30.3 Å². The maximum absolute atomic E-state index is 12.0. The van der Waals surface area contributed by atoms with Crippen LogP contribution in [0.1, 0.15) is 12.1 Å². The Morgan fingerprint density at radius 2 is 2.11 bits per heavy atom. The highest BCUT2D eigenvalue weighted by atomic mass is 16.2. The molecule has 0 aliphatic carbocycles. The molecule has 1 unspecified atom stereocenters. The van der Waals surface area contributed by atoms with E-state index in [1.807, 2.05) is 37.3 Å². The lowest BCUT2D eigenvalue weighted by Crippen LogP contribution is -2.28. The quantitative estimate of drug-likeness (QED) is 0.854. The van der Waals surface area contributed by atoms with Gasteiger partial charge in [0.2, 0.25) is 5.91 Å². The minimum atomic E-state index is -0.104. The van der Waals surface area contributed by atoms with E-state index in [2.05, 4.69) is 10.2 Å². The van der Waals surface area contributed by atoms with E-state index in [-0.39, 0.29) is 11.9 Å². The number of aromatic amines is 1. The molecule has 19 heavy (non-hydrogen) atoms. The Bertz CT molecular complexity index is 605. The molecule has 1 aliphatic heterocycles. The van der Waals surface area contributed by atoms with Crippen molar-refractivity contribution in [2.75, 3.05) is 11.4 Å². The van der Waals surface area contributed by atoms with E-state index < -0.39 is 0 Å². The highest BCUT2D eigenvalue weighted by molar-refractivity contribution is 5.99. The highest BCUT2D eigenvalue weighted by Gasteiger charge is 2.31. The number of nitrogens with two attached hydrogens (primary N) is 1. The van der Waals surface area contributed by atoms with Gasteiger partial charge in [0.05, 0.1) is 0 Å². The second-order valence-electron chi connectivity index (χ2n) is 4.88. The summed E-state index contributed by atoms with van der Waals surface area (Å²) in [5.74, 6) is 0.720. The Morgan fingerprint density at radius 3 is 2.74 bits per heavy atom. The van der Waals surface area contributed by atoms with Gasteiger partial charge in [-0.05, 0) is 12.5 Å². The highest BCUT2D eigenvalue weighted by Crippen LogP contribution is 2.33. The summed E-state index contributed by atoms with van der Waals surface area (Å²) >= 11 is 0. The monoisotopic (exact) mass is 256 g/mol. The van der Waals surface area contributed by atoms with Gasteiger partial charge in [0.25, 0.3) is 0 Å². The maximum Gasteiger partial charge on any atom is 0.229 e. The molecule has 5 heteroatoms. The fourth-order valence-corrected chi connectivity index (χ4v) is 2.50. The topological polar surface area (TPSA) is 75.0 Å². The van der Waals surface area contributed by atoms with Crippen molar-refractivity contribution in [1.82, 2.24) is 10.2 Å². The van der Waals surface area contributed by atoms with Crippen LogP contribution in [-0.4, -0.2) is 28.7 Å². The Balaban J connectivity index is 2.07. The van der Waals surface area contributed by atoms with Crippen LogP contribution in [0.5, 0.6) is 0 Å². The van der Waals surface area contributed by atoms with E-state index >= 15 is 0 Å². The van der Waals surface area contributed by atoms with Crippen molar-refractivity contribution in [3.05, 3.63) is 36.0 Å². The van der Waals surface area contributed by atoms with Crippen LogP contribution in [-0.2, 0) is 4.79 Å². The first-order valence-electron chi connectivity index (χ1n) is 6.33. The van der Waals surface area contributed by atoms with Crippen LogP contribution < -0.4 is 10.6 Å². The number of nitrogens with one attached hydrogen (secondary N) is 1. The van der Waals surface area contributed by atoms with Crippen molar-refractivity contribution in [1.29, 1.82) is 0 Å². The summed E-state index contributed by atoms with van der Waals surface area (Å²) in [6.45, 7) is 2.49. The standard InChI is InChI=1S/C14H16N4O/c1-9-13(10-5-3-2-4-6-10)14(17-16-9)18-8-11(15)7-12(18)19/h2-6,11H,7-8,15H2,1H3,(H,16,17). The minimum absolute atomic E-state index is 0.0381. The summed E-state index contributed by atoms with van der Waals surface area (Å²) in [5.41, 5.74) is 8.83. The molecule has 5 nitrogen and oxygen atoms in total. The van der Waals surface area contributed by atoms with Gasteiger partial charge in [0.1, 0.15) is 0 Å². The molecule has 1 fully saturated rings.